The van der Waals surface area contributed by atoms with Crippen molar-refractivity contribution in [2.45, 2.75) is 51.6 Å². The first-order valence-corrected chi connectivity index (χ1v) is 7.96. The van der Waals surface area contributed by atoms with Crippen molar-refractivity contribution in [1.29, 1.82) is 0 Å². The van der Waals surface area contributed by atoms with E-state index in [2.05, 4.69) is 40.3 Å². The summed E-state index contributed by atoms with van der Waals surface area (Å²) in [5.41, 5.74) is 2.14. The van der Waals surface area contributed by atoms with E-state index in [0.717, 1.165) is 23.6 Å². The maximum Gasteiger partial charge on any atom is 0.154 e. The van der Waals surface area contributed by atoms with Gasteiger partial charge in [-0.15, -0.1) is 0 Å². The fourth-order valence-electron chi connectivity index (χ4n) is 3.43. The van der Waals surface area contributed by atoms with Crippen molar-refractivity contribution < 1.29 is 0 Å². The number of hydrogen-bond acceptors (Lipinski definition) is 4. The molecule has 1 fully saturated rings. The number of rotatable bonds is 4. The first-order chi connectivity index (χ1) is 10.2. The lowest BCUT2D eigenvalue weighted by molar-refractivity contribution is 0.341. The van der Waals surface area contributed by atoms with Crippen LogP contribution in [-0.4, -0.2) is 40.3 Å². The van der Waals surface area contributed by atoms with Gasteiger partial charge in [-0.1, -0.05) is 6.92 Å². The third-order valence-corrected chi connectivity index (χ3v) is 4.56. The van der Waals surface area contributed by atoms with E-state index >= 15 is 0 Å². The second kappa shape index (κ2) is 6.02. The van der Waals surface area contributed by atoms with Gasteiger partial charge in [-0.3, -0.25) is 0 Å². The highest BCUT2D eigenvalue weighted by Crippen LogP contribution is 2.27. The van der Waals surface area contributed by atoms with Crippen LogP contribution in [-0.2, 0) is 0 Å². The van der Waals surface area contributed by atoms with Gasteiger partial charge in [-0.25, -0.2) is 9.50 Å². The Morgan fingerprint density at radius 1 is 1.33 bits per heavy atom. The number of nitrogens with zero attached hydrogens (tertiary/aromatic N) is 4. The van der Waals surface area contributed by atoms with Gasteiger partial charge in [-0.05, 0) is 45.2 Å². The molecule has 5 nitrogen and oxygen atoms in total. The van der Waals surface area contributed by atoms with E-state index in [4.69, 9.17) is 0 Å². The van der Waals surface area contributed by atoms with Gasteiger partial charge < -0.3 is 10.2 Å². The van der Waals surface area contributed by atoms with E-state index in [9.17, 15) is 0 Å². The third kappa shape index (κ3) is 2.88. The van der Waals surface area contributed by atoms with Gasteiger partial charge in [0.2, 0.25) is 0 Å². The van der Waals surface area contributed by atoms with Crippen LogP contribution in [0.3, 0.4) is 0 Å². The van der Waals surface area contributed by atoms with Gasteiger partial charge in [0.1, 0.15) is 5.52 Å². The lowest BCUT2D eigenvalue weighted by atomic mass is 9.90. The number of anilines is 1. The molecule has 2 aromatic heterocycles. The number of fused-ring (bicyclic) bond motifs is 1. The normalized spacial score (nSPS) is 22.6. The molecule has 0 saturated heterocycles. The van der Waals surface area contributed by atoms with Gasteiger partial charge in [0.25, 0.3) is 0 Å². The maximum atomic E-state index is 4.60. The minimum Gasteiger partial charge on any atom is -0.355 e. The third-order valence-electron chi connectivity index (χ3n) is 4.56. The van der Waals surface area contributed by atoms with Gasteiger partial charge in [0, 0.05) is 31.5 Å². The Morgan fingerprint density at radius 2 is 2.10 bits per heavy atom. The molecule has 5 heteroatoms. The first kappa shape index (κ1) is 14.3. The molecule has 0 atom stereocenters. The lowest BCUT2D eigenvalue weighted by Crippen LogP contribution is -2.41. The predicted octanol–water partition coefficient (Wildman–Crippen LogP) is 2.39. The summed E-state index contributed by atoms with van der Waals surface area (Å²) >= 11 is 0. The summed E-state index contributed by atoms with van der Waals surface area (Å²) < 4.78 is 1.93. The zero-order valence-electron chi connectivity index (χ0n) is 13.2. The van der Waals surface area contributed by atoms with Crippen LogP contribution in [0.4, 0.5) is 5.82 Å². The van der Waals surface area contributed by atoms with Crippen LogP contribution in [0.1, 0.15) is 38.3 Å². The van der Waals surface area contributed by atoms with E-state index in [1.807, 2.05) is 23.8 Å². The average molecular weight is 287 g/mol. The standard InChI is InChI=1S/C16H25N5/c1-4-17-13-5-7-14(8-6-13)20(3)16-15-11-12(2)19-21(15)10-9-18-16/h9-11,13-14,17H,4-8H2,1-3H3. The Kier molecular flexibility index (Phi) is 4.10. The molecule has 0 amide bonds. The zero-order valence-corrected chi connectivity index (χ0v) is 13.2. The molecule has 1 aliphatic rings. The van der Waals surface area contributed by atoms with Gasteiger partial charge in [0.15, 0.2) is 5.82 Å². The minimum atomic E-state index is 0.578. The Balaban J connectivity index is 1.77. The molecule has 0 unspecified atom stereocenters. The number of aryl methyl sites for hydroxylation is 1. The number of hydrogen-bond donors (Lipinski definition) is 1. The van der Waals surface area contributed by atoms with Crippen LogP contribution in [0.25, 0.3) is 5.52 Å². The van der Waals surface area contributed by atoms with Crippen LogP contribution in [0, 0.1) is 6.92 Å². The van der Waals surface area contributed by atoms with E-state index in [-0.39, 0.29) is 0 Å². The van der Waals surface area contributed by atoms with Crippen LogP contribution in [0.15, 0.2) is 18.5 Å². The molecule has 0 radical (unpaired) electrons. The van der Waals surface area contributed by atoms with Crippen molar-refractivity contribution in [3.05, 3.63) is 24.2 Å². The molecule has 0 aliphatic heterocycles. The van der Waals surface area contributed by atoms with Gasteiger partial charge in [-0.2, -0.15) is 5.10 Å². The molecular formula is C16H25N5. The van der Waals surface area contributed by atoms with Crippen LogP contribution in [0.5, 0.6) is 0 Å². The smallest absolute Gasteiger partial charge is 0.154 e. The monoisotopic (exact) mass is 287 g/mol. The van der Waals surface area contributed by atoms with E-state index in [0.29, 0.717) is 12.1 Å². The second-order valence-corrected chi connectivity index (χ2v) is 6.04. The predicted molar refractivity (Wildman–Crippen MR) is 85.8 cm³/mol. The van der Waals surface area contributed by atoms with E-state index < -0.39 is 0 Å². The van der Waals surface area contributed by atoms with Crippen molar-refractivity contribution in [1.82, 2.24) is 19.9 Å². The van der Waals surface area contributed by atoms with Crippen molar-refractivity contribution in [3.8, 4) is 0 Å². The molecule has 0 aromatic carbocycles. The lowest BCUT2D eigenvalue weighted by Gasteiger charge is -2.35. The Hall–Kier alpha value is -1.62. The number of nitrogens with one attached hydrogen (secondary N) is 1. The molecule has 0 spiro atoms. The molecule has 114 valence electrons. The van der Waals surface area contributed by atoms with Crippen molar-refractivity contribution in [3.63, 3.8) is 0 Å². The van der Waals surface area contributed by atoms with Gasteiger partial charge in [0.05, 0.1) is 5.69 Å². The fraction of sp³-hybridized carbons (Fsp3) is 0.625. The summed E-state index contributed by atoms with van der Waals surface area (Å²) in [6.45, 7) is 5.28. The summed E-state index contributed by atoms with van der Waals surface area (Å²) in [4.78, 5) is 6.95. The summed E-state index contributed by atoms with van der Waals surface area (Å²) in [7, 11) is 2.17. The summed E-state index contributed by atoms with van der Waals surface area (Å²) in [6, 6.07) is 3.39. The molecule has 0 bridgehead atoms. The fourth-order valence-corrected chi connectivity index (χ4v) is 3.43. The van der Waals surface area contributed by atoms with E-state index in [1.54, 1.807) is 0 Å². The quantitative estimate of drug-likeness (QED) is 0.938. The second-order valence-electron chi connectivity index (χ2n) is 6.04. The first-order valence-electron chi connectivity index (χ1n) is 7.96. The number of aromatic nitrogens is 3. The van der Waals surface area contributed by atoms with Crippen molar-refractivity contribution in [2.24, 2.45) is 0 Å². The molecule has 1 N–H and O–H groups in total. The van der Waals surface area contributed by atoms with Crippen molar-refractivity contribution in [2.75, 3.05) is 18.5 Å². The van der Waals surface area contributed by atoms with Crippen LogP contribution < -0.4 is 10.2 Å². The Bertz CT molecular complexity index is 598. The maximum absolute atomic E-state index is 4.60. The summed E-state index contributed by atoms with van der Waals surface area (Å²) in [5, 5.41) is 8.05. The summed E-state index contributed by atoms with van der Waals surface area (Å²) in [6.07, 6.45) is 8.72. The highest BCUT2D eigenvalue weighted by atomic mass is 15.3. The average Bonchev–Trinajstić information content (AvgIpc) is 2.87. The highest BCUT2D eigenvalue weighted by Gasteiger charge is 2.25. The molecule has 21 heavy (non-hydrogen) atoms. The molecule has 3 rings (SSSR count). The molecular weight excluding hydrogens is 262 g/mol. The largest absolute Gasteiger partial charge is 0.355 e. The summed E-state index contributed by atoms with van der Waals surface area (Å²) in [5.74, 6) is 1.05. The Labute approximate surface area is 126 Å². The molecule has 1 saturated carbocycles. The minimum absolute atomic E-state index is 0.578. The molecule has 2 heterocycles. The zero-order chi connectivity index (χ0) is 14.8. The highest BCUT2D eigenvalue weighted by molar-refractivity contribution is 5.69. The van der Waals surface area contributed by atoms with Crippen LogP contribution in [0.2, 0.25) is 0 Å². The molecule has 2 aromatic rings. The van der Waals surface area contributed by atoms with Crippen LogP contribution >= 0.6 is 0 Å². The topological polar surface area (TPSA) is 45.5 Å². The van der Waals surface area contributed by atoms with Gasteiger partial charge >= 0.3 is 0 Å². The SMILES string of the molecule is CCNC1CCC(N(C)c2nccn3nc(C)cc23)CC1. The Morgan fingerprint density at radius 3 is 2.81 bits per heavy atom. The molecule has 1 aliphatic carbocycles. The van der Waals surface area contributed by atoms with E-state index in [1.165, 1.54) is 25.7 Å². The van der Waals surface area contributed by atoms with Crippen molar-refractivity contribution >= 4 is 11.3 Å².